The predicted octanol–water partition coefficient (Wildman–Crippen LogP) is 2.57. The number of allylic oxidation sites excluding steroid dienone is 1. The molecule has 0 saturated carbocycles. The second-order valence-corrected chi connectivity index (χ2v) is 2.57. The fourth-order valence-electron chi connectivity index (χ4n) is 1.00. The van der Waals surface area contributed by atoms with Crippen molar-refractivity contribution in [2.75, 3.05) is 0 Å². The zero-order chi connectivity index (χ0) is 12.6. The minimum Gasteiger partial charge on any atom is -0.404 e. The maximum Gasteiger partial charge on any atom is 0.269 e. The minimum atomic E-state index is -0.472. The molecule has 0 amide bonds. The van der Waals surface area contributed by atoms with E-state index in [1.54, 1.807) is 12.1 Å². The van der Waals surface area contributed by atoms with Crippen molar-refractivity contribution in [3.8, 4) is 0 Å². The molecule has 1 aromatic rings. The Morgan fingerprint density at radius 3 is 2.19 bits per heavy atom. The molecule has 0 aliphatic carbocycles. The van der Waals surface area contributed by atoms with E-state index in [1.807, 2.05) is 13.8 Å². The molecule has 0 saturated heterocycles. The number of hydrogen-bond acceptors (Lipinski definition) is 4. The van der Waals surface area contributed by atoms with E-state index in [0.717, 1.165) is 6.21 Å². The second kappa shape index (κ2) is 7.17. The topological polar surface area (TPSA) is 93.0 Å². The SMILES string of the molecule is CC.N=C/C(=C\N)c1ccc([N+](=O)[O-])cc1. The summed E-state index contributed by atoms with van der Waals surface area (Å²) < 4.78 is 0. The summed E-state index contributed by atoms with van der Waals surface area (Å²) in [5.41, 5.74) is 6.50. The number of benzene rings is 1. The lowest BCUT2D eigenvalue weighted by Gasteiger charge is -1.99. The van der Waals surface area contributed by atoms with Gasteiger partial charge >= 0.3 is 0 Å². The summed E-state index contributed by atoms with van der Waals surface area (Å²) >= 11 is 0. The molecule has 0 heterocycles. The maximum atomic E-state index is 10.3. The lowest BCUT2D eigenvalue weighted by molar-refractivity contribution is -0.384. The molecule has 1 aromatic carbocycles. The molecule has 0 aliphatic heterocycles. The summed E-state index contributed by atoms with van der Waals surface area (Å²) in [7, 11) is 0. The molecule has 1 rings (SSSR count). The lowest BCUT2D eigenvalue weighted by Crippen LogP contribution is -1.92. The third-order valence-corrected chi connectivity index (χ3v) is 1.75. The van der Waals surface area contributed by atoms with E-state index in [-0.39, 0.29) is 5.69 Å². The number of nitro benzene ring substituents is 1. The number of rotatable bonds is 3. The smallest absolute Gasteiger partial charge is 0.269 e. The fourth-order valence-corrected chi connectivity index (χ4v) is 1.00. The Hall–Kier alpha value is -2.17. The number of nitrogens with two attached hydrogens (primary N) is 1. The number of nitrogens with zero attached hydrogens (tertiary/aromatic N) is 1. The van der Waals surface area contributed by atoms with Crippen molar-refractivity contribution >= 4 is 17.5 Å². The Labute approximate surface area is 94.3 Å². The molecule has 0 aromatic heterocycles. The first-order valence-electron chi connectivity index (χ1n) is 4.86. The zero-order valence-corrected chi connectivity index (χ0v) is 9.31. The Kier molecular flexibility index (Phi) is 6.19. The summed E-state index contributed by atoms with van der Waals surface area (Å²) in [6.07, 6.45) is 2.38. The van der Waals surface area contributed by atoms with E-state index >= 15 is 0 Å². The van der Waals surface area contributed by atoms with Gasteiger partial charge in [0.1, 0.15) is 0 Å². The Balaban J connectivity index is 0.00000106. The molecule has 16 heavy (non-hydrogen) atoms. The summed E-state index contributed by atoms with van der Waals surface area (Å²) in [5, 5.41) is 17.4. The van der Waals surface area contributed by atoms with Crippen LogP contribution >= 0.6 is 0 Å². The molecular weight excluding hydrogens is 206 g/mol. The normalized spacial score (nSPS) is 10.0. The predicted molar refractivity (Wildman–Crippen MR) is 65.4 cm³/mol. The van der Waals surface area contributed by atoms with Crippen LogP contribution in [0.4, 0.5) is 5.69 Å². The highest BCUT2D eigenvalue weighted by molar-refractivity contribution is 6.08. The van der Waals surface area contributed by atoms with E-state index in [2.05, 4.69) is 0 Å². The molecule has 0 atom stereocenters. The van der Waals surface area contributed by atoms with Crippen LogP contribution in [0.5, 0.6) is 0 Å². The van der Waals surface area contributed by atoms with Crippen LogP contribution in [0.1, 0.15) is 19.4 Å². The van der Waals surface area contributed by atoms with Gasteiger partial charge in [-0.3, -0.25) is 10.1 Å². The second-order valence-electron chi connectivity index (χ2n) is 2.57. The molecule has 0 bridgehead atoms. The Morgan fingerprint density at radius 2 is 1.88 bits per heavy atom. The van der Waals surface area contributed by atoms with Crippen molar-refractivity contribution in [3.63, 3.8) is 0 Å². The molecule has 5 heteroatoms. The van der Waals surface area contributed by atoms with Crippen LogP contribution in [0.25, 0.3) is 5.57 Å². The molecule has 0 unspecified atom stereocenters. The van der Waals surface area contributed by atoms with Gasteiger partial charge in [0, 0.05) is 30.1 Å². The summed E-state index contributed by atoms with van der Waals surface area (Å²) in [6, 6.07) is 5.87. The molecule has 0 spiro atoms. The number of non-ortho nitro benzene ring substituents is 1. The Morgan fingerprint density at radius 1 is 1.38 bits per heavy atom. The van der Waals surface area contributed by atoms with Crippen LogP contribution in [0, 0.1) is 15.5 Å². The van der Waals surface area contributed by atoms with Gasteiger partial charge in [0.2, 0.25) is 0 Å². The van der Waals surface area contributed by atoms with Crippen molar-refractivity contribution in [1.29, 1.82) is 5.41 Å². The van der Waals surface area contributed by atoms with E-state index in [1.165, 1.54) is 18.3 Å². The summed E-state index contributed by atoms with van der Waals surface area (Å²) in [5.74, 6) is 0. The van der Waals surface area contributed by atoms with E-state index < -0.39 is 4.92 Å². The molecule has 86 valence electrons. The molecule has 3 N–H and O–H groups in total. The fraction of sp³-hybridized carbons (Fsp3) is 0.182. The highest BCUT2D eigenvalue weighted by atomic mass is 16.6. The maximum absolute atomic E-state index is 10.3. The van der Waals surface area contributed by atoms with Gasteiger partial charge in [-0.1, -0.05) is 13.8 Å². The third-order valence-electron chi connectivity index (χ3n) is 1.75. The lowest BCUT2D eigenvalue weighted by atomic mass is 10.1. The first kappa shape index (κ1) is 13.8. The molecule has 0 radical (unpaired) electrons. The van der Waals surface area contributed by atoms with Crippen LogP contribution in [-0.2, 0) is 0 Å². The van der Waals surface area contributed by atoms with Crippen molar-refractivity contribution in [2.45, 2.75) is 13.8 Å². The van der Waals surface area contributed by atoms with Crippen molar-refractivity contribution in [3.05, 3.63) is 46.1 Å². The zero-order valence-electron chi connectivity index (χ0n) is 9.31. The first-order chi connectivity index (χ1) is 7.69. The third kappa shape index (κ3) is 3.53. The van der Waals surface area contributed by atoms with Gasteiger partial charge in [0.15, 0.2) is 0 Å². The highest BCUT2D eigenvalue weighted by Crippen LogP contribution is 2.16. The van der Waals surface area contributed by atoms with Crippen LogP contribution in [0.3, 0.4) is 0 Å². The van der Waals surface area contributed by atoms with E-state index in [9.17, 15) is 10.1 Å². The van der Waals surface area contributed by atoms with Gasteiger partial charge in [-0.25, -0.2) is 0 Å². The largest absolute Gasteiger partial charge is 0.404 e. The monoisotopic (exact) mass is 221 g/mol. The summed E-state index contributed by atoms with van der Waals surface area (Å²) in [4.78, 5) is 9.87. The molecular formula is C11H15N3O2. The van der Waals surface area contributed by atoms with Crippen molar-refractivity contribution in [1.82, 2.24) is 0 Å². The number of hydrogen-bond donors (Lipinski definition) is 2. The quantitative estimate of drug-likeness (QED) is 0.466. The van der Waals surface area contributed by atoms with Gasteiger partial charge in [-0.05, 0) is 17.7 Å². The van der Waals surface area contributed by atoms with Gasteiger partial charge in [-0.15, -0.1) is 0 Å². The van der Waals surface area contributed by atoms with Gasteiger partial charge < -0.3 is 11.1 Å². The van der Waals surface area contributed by atoms with Gasteiger partial charge in [0.05, 0.1) is 4.92 Å². The van der Waals surface area contributed by atoms with Crippen molar-refractivity contribution < 1.29 is 4.92 Å². The van der Waals surface area contributed by atoms with Crippen LogP contribution in [0.2, 0.25) is 0 Å². The summed E-state index contributed by atoms with van der Waals surface area (Å²) in [6.45, 7) is 4.00. The highest BCUT2D eigenvalue weighted by Gasteiger charge is 2.04. The average Bonchev–Trinajstić information content (AvgIpc) is 2.34. The van der Waals surface area contributed by atoms with E-state index in [4.69, 9.17) is 11.1 Å². The minimum absolute atomic E-state index is 0.0232. The van der Waals surface area contributed by atoms with Crippen LogP contribution in [-0.4, -0.2) is 11.1 Å². The van der Waals surface area contributed by atoms with Crippen LogP contribution in [0.15, 0.2) is 30.5 Å². The number of nitrogens with one attached hydrogen (secondary N) is 1. The number of nitro groups is 1. The molecule has 5 nitrogen and oxygen atoms in total. The average molecular weight is 221 g/mol. The van der Waals surface area contributed by atoms with E-state index in [0.29, 0.717) is 11.1 Å². The standard InChI is InChI=1S/C9H9N3O2.C2H6/c10-5-8(6-11)7-1-3-9(4-2-7)12(13)14;1-2/h1-6,10H,11H2;1-2H3/b8-6+,10-5?;. The van der Waals surface area contributed by atoms with Crippen LogP contribution < -0.4 is 5.73 Å². The van der Waals surface area contributed by atoms with Gasteiger partial charge in [-0.2, -0.15) is 0 Å². The Bertz CT molecular complexity index is 383. The van der Waals surface area contributed by atoms with Gasteiger partial charge in [0.25, 0.3) is 5.69 Å². The first-order valence-corrected chi connectivity index (χ1v) is 4.86. The molecule has 0 fully saturated rings. The molecule has 0 aliphatic rings. The van der Waals surface area contributed by atoms with Crippen molar-refractivity contribution in [2.24, 2.45) is 5.73 Å².